The first-order valence-electron chi connectivity index (χ1n) is 7.73. The molecule has 0 aromatic heterocycles. The van der Waals surface area contributed by atoms with E-state index in [9.17, 15) is 9.59 Å². The van der Waals surface area contributed by atoms with Crippen LogP contribution >= 0.6 is 0 Å². The van der Waals surface area contributed by atoms with E-state index < -0.39 is 0 Å². The van der Waals surface area contributed by atoms with Gasteiger partial charge in [-0.15, -0.1) is 0 Å². The van der Waals surface area contributed by atoms with E-state index in [4.69, 9.17) is 14.2 Å². The number of carbonyl (C=O) groups is 2. The summed E-state index contributed by atoms with van der Waals surface area (Å²) in [7, 11) is 1.60. The van der Waals surface area contributed by atoms with Gasteiger partial charge in [0, 0.05) is 25.9 Å². The van der Waals surface area contributed by atoms with E-state index in [-0.39, 0.29) is 18.5 Å². The second kappa shape index (κ2) is 13.3. The molecule has 0 atom stereocenters. The molecule has 0 aliphatic heterocycles. The number of carbonyl (C=O) groups excluding carboxylic acids is 2. The Labute approximate surface area is 141 Å². The molecule has 8 nitrogen and oxygen atoms in total. The van der Waals surface area contributed by atoms with Crippen LogP contribution in [0.5, 0.6) is 0 Å². The third kappa shape index (κ3) is 10.5. The summed E-state index contributed by atoms with van der Waals surface area (Å²) >= 11 is 0. The number of methoxy groups -OCH3 is 1. The van der Waals surface area contributed by atoms with Crippen molar-refractivity contribution in [1.82, 2.24) is 10.6 Å². The van der Waals surface area contributed by atoms with E-state index in [1.54, 1.807) is 19.2 Å². The summed E-state index contributed by atoms with van der Waals surface area (Å²) in [5, 5.41) is 7.97. The fourth-order valence-electron chi connectivity index (χ4n) is 1.65. The molecule has 0 fully saturated rings. The van der Waals surface area contributed by atoms with Gasteiger partial charge in [0.05, 0.1) is 26.4 Å². The Morgan fingerprint density at radius 3 is 2.33 bits per heavy atom. The molecule has 0 spiro atoms. The first-order valence-corrected chi connectivity index (χ1v) is 7.73. The number of hydrogen-bond acceptors (Lipinski definition) is 5. The van der Waals surface area contributed by atoms with Gasteiger partial charge in [-0.2, -0.15) is 0 Å². The highest BCUT2D eigenvalue weighted by Crippen LogP contribution is 2.03. The van der Waals surface area contributed by atoms with Crippen LogP contribution in [0.25, 0.3) is 0 Å². The summed E-state index contributed by atoms with van der Waals surface area (Å²) < 4.78 is 15.2. The zero-order valence-electron chi connectivity index (χ0n) is 13.9. The number of benzene rings is 1. The summed E-state index contributed by atoms with van der Waals surface area (Å²) in [6.07, 6.45) is 0. The molecule has 1 rings (SSSR count). The van der Waals surface area contributed by atoms with Gasteiger partial charge in [0.15, 0.2) is 0 Å². The molecular weight excluding hydrogens is 314 g/mol. The molecule has 0 radical (unpaired) electrons. The van der Waals surface area contributed by atoms with Crippen LogP contribution in [0.4, 0.5) is 10.5 Å². The zero-order chi connectivity index (χ0) is 17.5. The summed E-state index contributed by atoms with van der Waals surface area (Å²) in [4.78, 5) is 23.1. The lowest BCUT2D eigenvalue weighted by molar-refractivity contribution is -0.126. The molecule has 8 heteroatoms. The number of rotatable bonds is 12. The van der Waals surface area contributed by atoms with Crippen LogP contribution in [0.2, 0.25) is 0 Å². The number of amides is 3. The topological polar surface area (TPSA) is 97.9 Å². The van der Waals surface area contributed by atoms with E-state index in [1.807, 2.05) is 18.2 Å². The Hall–Kier alpha value is -2.16. The van der Waals surface area contributed by atoms with E-state index in [0.717, 1.165) is 0 Å². The molecule has 3 amide bonds. The van der Waals surface area contributed by atoms with Crippen molar-refractivity contribution in [2.24, 2.45) is 0 Å². The minimum Gasteiger partial charge on any atom is -0.382 e. The van der Waals surface area contributed by atoms with Gasteiger partial charge >= 0.3 is 6.03 Å². The largest absolute Gasteiger partial charge is 0.382 e. The maximum absolute atomic E-state index is 11.6. The third-order valence-electron chi connectivity index (χ3n) is 2.80. The van der Waals surface area contributed by atoms with Crippen molar-refractivity contribution in [1.29, 1.82) is 0 Å². The first-order chi connectivity index (χ1) is 11.7. The molecule has 1 aromatic carbocycles. The van der Waals surface area contributed by atoms with Gasteiger partial charge in [0.1, 0.15) is 6.61 Å². The van der Waals surface area contributed by atoms with Gasteiger partial charge in [0.2, 0.25) is 5.91 Å². The van der Waals surface area contributed by atoms with Crippen LogP contribution in [0.3, 0.4) is 0 Å². The van der Waals surface area contributed by atoms with Gasteiger partial charge in [-0.3, -0.25) is 4.79 Å². The van der Waals surface area contributed by atoms with E-state index >= 15 is 0 Å². The van der Waals surface area contributed by atoms with Crippen molar-refractivity contribution in [2.45, 2.75) is 0 Å². The third-order valence-corrected chi connectivity index (χ3v) is 2.80. The van der Waals surface area contributed by atoms with Crippen molar-refractivity contribution in [3.63, 3.8) is 0 Å². The summed E-state index contributed by atoms with van der Waals surface area (Å²) in [6.45, 7) is 2.41. The predicted octanol–water partition coefficient (Wildman–Crippen LogP) is 0.604. The fourth-order valence-corrected chi connectivity index (χ4v) is 1.65. The second-order valence-electron chi connectivity index (χ2n) is 4.75. The van der Waals surface area contributed by atoms with E-state index in [1.165, 1.54) is 0 Å². The maximum Gasteiger partial charge on any atom is 0.319 e. The molecular formula is C16H25N3O5. The van der Waals surface area contributed by atoms with Gasteiger partial charge in [-0.05, 0) is 12.1 Å². The normalized spacial score (nSPS) is 10.2. The molecule has 0 aliphatic carbocycles. The van der Waals surface area contributed by atoms with Crippen molar-refractivity contribution >= 4 is 17.6 Å². The van der Waals surface area contributed by atoms with Crippen LogP contribution in [-0.2, 0) is 19.0 Å². The fraction of sp³-hybridized carbons (Fsp3) is 0.500. The lowest BCUT2D eigenvalue weighted by atomic mass is 10.3. The van der Waals surface area contributed by atoms with Crippen LogP contribution in [0.1, 0.15) is 0 Å². The van der Waals surface area contributed by atoms with Crippen molar-refractivity contribution in [3.05, 3.63) is 30.3 Å². The van der Waals surface area contributed by atoms with Crippen LogP contribution in [0.15, 0.2) is 30.3 Å². The summed E-state index contributed by atoms with van der Waals surface area (Å²) in [5.74, 6) is -0.239. The summed E-state index contributed by atoms with van der Waals surface area (Å²) in [5.41, 5.74) is 0.708. The van der Waals surface area contributed by atoms with Crippen molar-refractivity contribution in [2.75, 3.05) is 58.6 Å². The van der Waals surface area contributed by atoms with E-state index in [0.29, 0.717) is 45.2 Å². The van der Waals surface area contributed by atoms with Crippen LogP contribution in [-0.4, -0.2) is 65.2 Å². The van der Waals surface area contributed by atoms with Crippen LogP contribution in [0, 0.1) is 0 Å². The Kier molecular flexibility index (Phi) is 11.0. The zero-order valence-corrected chi connectivity index (χ0v) is 13.9. The Morgan fingerprint density at radius 2 is 1.58 bits per heavy atom. The van der Waals surface area contributed by atoms with Crippen molar-refractivity contribution < 1.29 is 23.8 Å². The van der Waals surface area contributed by atoms with Gasteiger partial charge in [-0.25, -0.2) is 4.79 Å². The number of anilines is 1. The molecule has 0 unspecified atom stereocenters. The number of ether oxygens (including phenoxy) is 3. The highest BCUT2D eigenvalue weighted by Gasteiger charge is 2.02. The molecule has 134 valence electrons. The Balaban J connectivity index is 1.94. The Morgan fingerprint density at radius 1 is 0.917 bits per heavy atom. The number of nitrogens with one attached hydrogen (secondary N) is 3. The first kappa shape index (κ1) is 19.9. The summed E-state index contributed by atoms with van der Waals surface area (Å²) in [6, 6.07) is 8.79. The minimum absolute atomic E-state index is 0.0378. The second-order valence-corrected chi connectivity index (χ2v) is 4.75. The molecule has 24 heavy (non-hydrogen) atoms. The minimum atomic E-state index is -0.320. The molecule has 0 heterocycles. The molecule has 0 aliphatic rings. The lowest BCUT2D eigenvalue weighted by Crippen LogP contribution is -2.38. The molecule has 0 bridgehead atoms. The van der Waals surface area contributed by atoms with Gasteiger partial charge in [-0.1, -0.05) is 18.2 Å². The molecule has 1 aromatic rings. The number of urea groups is 1. The molecule has 0 saturated carbocycles. The van der Waals surface area contributed by atoms with Gasteiger partial charge in [0.25, 0.3) is 0 Å². The number of hydrogen-bond donors (Lipinski definition) is 3. The van der Waals surface area contributed by atoms with Crippen molar-refractivity contribution in [3.8, 4) is 0 Å². The SMILES string of the molecule is COCCOCCOCC(=O)NCCNC(=O)Nc1ccccc1. The highest BCUT2D eigenvalue weighted by atomic mass is 16.5. The average molecular weight is 339 g/mol. The lowest BCUT2D eigenvalue weighted by Gasteiger charge is -2.09. The average Bonchev–Trinajstić information content (AvgIpc) is 2.59. The number of para-hydroxylation sites is 1. The smallest absolute Gasteiger partial charge is 0.319 e. The molecule has 3 N–H and O–H groups in total. The maximum atomic E-state index is 11.6. The highest BCUT2D eigenvalue weighted by molar-refractivity contribution is 5.89. The molecule has 0 saturated heterocycles. The monoisotopic (exact) mass is 339 g/mol. The standard InChI is InChI=1S/C16H25N3O5/c1-22-9-10-23-11-12-24-13-15(20)17-7-8-18-16(21)19-14-5-3-2-4-6-14/h2-6H,7-13H2,1H3,(H,17,20)(H2,18,19,21). The quantitative estimate of drug-likeness (QED) is 0.485. The Bertz CT molecular complexity index is 470. The predicted molar refractivity (Wildman–Crippen MR) is 90.0 cm³/mol. The van der Waals surface area contributed by atoms with E-state index in [2.05, 4.69) is 16.0 Å². The van der Waals surface area contributed by atoms with Gasteiger partial charge < -0.3 is 30.2 Å². The van der Waals surface area contributed by atoms with Crippen LogP contribution < -0.4 is 16.0 Å².